The fourth-order valence-corrected chi connectivity index (χ4v) is 3.35. The number of rotatable bonds is 3. The molecule has 125 valence electrons. The summed E-state index contributed by atoms with van der Waals surface area (Å²) in [6.45, 7) is 0.408. The highest BCUT2D eigenvalue weighted by Crippen LogP contribution is 2.32. The molecule has 0 bridgehead atoms. The van der Waals surface area contributed by atoms with Crippen LogP contribution in [0.1, 0.15) is 21.5 Å². The molecule has 4 aromatic rings. The van der Waals surface area contributed by atoms with Gasteiger partial charge in [-0.05, 0) is 35.9 Å². The molecule has 1 aromatic heterocycles. The van der Waals surface area contributed by atoms with Crippen LogP contribution in [0.15, 0.2) is 54.6 Å². The molecule has 1 heterocycles. The fraction of sp³-hybridized carbons (Fsp3) is 0.0476. The molecule has 0 spiro atoms. The van der Waals surface area contributed by atoms with Crippen LogP contribution in [0.3, 0.4) is 0 Å². The molecule has 26 heavy (non-hydrogen) atoms. The highest BCUT2D eigenvalue weighted by atomic mass is 19.1. The summed E-state index contributed by atoms with van der Waals surface area (Å²) in [7, 11) is 0. The minimum atomic E-state index is -0.579. The molecule has 1 amide bonds. The summed E-state index contributed by atoms with van der Waals surface area (Å²) in [5.41, 5.74) is 8.71. The average molecular weight is 342 g/mol. The highest BCUT2D eigenvalue weighted by molar-refractivity contribution is 6.17. The molecule has 0 saturated carbocycles. The van der Waals surface area contributed by atoms with Gasteiger partial charge in [0.25, 0.3) is 0 Å². The van der Waals surface area contributed by atoms with E-state index in [1.54, 1.807) is 24.3 Å². The van der Waals surface area contributed by atoms with Crippen molar-refractivity contribution in [2.24, 2.45) is 5.73 Å². The van der Waals surface area contributed by atoms with E-state index in [1.807, 2.05) is 28.8 Å². The Labute approximate surface area is 148 Å². The van der Waals surface area contributed by atoms with Crippen LogP contribution in [0.4, 0.5) is 4.39 Å². The van der Waals surface area contributed by atoms with Gasteiger partial charge in [-0.25, -0.2) is 4.39 Å². The van der Waals surface area contributed by atoms with Crippen LogP contribution < -0.4 is 5.73 Å². The number of carbonyl (C=O) groups is 1. The molecule has 0 aliphatic rings. The normalized spacial score (nSPS) is 10.9. The van der Waals surface area contributed by atoms with Crippen molar-refractivity contribution in [2.45, 2.75) is 6.54 Å². The molecule has 4 rings (SSSR count). The summed E-state index contributed by atoms with van der Waals surface area (Å²) >= 11 is 0. The Hall–Kier alpha value is -3.65. The van der Waals surface area contributed by atoms with E-state index in [2.05, 4.69) is 12.1 Å². The van der Waals surface area contributed by atoms with Crippen molar-refractivity contribution in [2.75, 3.05) is 0 Å². The van der Waals surface area contributed by atoms with Crippen molar-refractivity contribution >= 4 is 27.7 Å². The maximum absolute atomic E-state index is 13.8. The Morgan fingerprint density at radius 2 is 1.92 bits per heavy atom. The predicted molar refractivity (Wildman–Crippen MR) is 97.0 cm³/mol. The summed E-state index contributed by atoms with van der Waals surface area (Å²) in [5, 5.41) is 10.4. The van der Waals surface area contributed by atoms with E-state index in [1.165, 1.54) is 6.07 Å². The lowest BCUT2D eigenvalue weighted by atomic mass is 10.1. The molecule has 5 heteroatoms. The van der Waals surface area contributed by atoms with Gasteiger partial charge in [0.1, 0.15) is 5.82 Å². The molecule has 4 nitrogen and oxygen atoms in total. The monoisotopic (exact) mass is 342 g/mol. The lowest BCUT2D eigenvalue weighted by Crippen LogP contribution is -2.11. The number of benzene rings is 3. The van der Waals surface area contributed by atoms with E-state index < -0.39 is 11.7 Å². The van der Waals surface area contributed by atoms with Crippen molar-refractivity contribution in [3.8, 4) is 6.07 Å². The van der Waals surface area contributed by atoms with Gasteiger partial charge in [-0.1, -0.05) is 24.3 Å². The van der Waals surface area contributed by atoms with Crippen LogP contribution in [0, 0.1) is 23.2 Å². The van der Waals surface area contributed by atoms with Crippen molar-refractivity contribution < 1.29 is 9.18 Å². The second kappa shape index (κ2) is 6.01. The number of halogens is 1. The summed E-state index contributed by atoms with van der Waals surface area (Å²) in [5.74, 6) is -1.09. The number of nitrogens with two attached hydrogens (primary N) is 1. The van der Waals surface area contributed by atoms with Gasteiger partial charge in [-0.15, -0.1) is 0 Å². The van der Waals surface area contributed by atoms with E-state index >= 15 is 0 Å². The average Bonchev–Trinajstić information content (AvgIpc) is 2.95. The van der Waals surface area contributed by atoms with Gasteiger partial charge in [0.05, 0.1) is 22.7 Å². The van der Waals surface area contributed by atoms with Crippen LogP contribution in [0.5, 0.6) is 0 Å². The Bertz CT molecular complexity index is 1220. The predicted octanol–water partition coefficient (Wildman–Crippen LogP) is 3.75. The van der Waals surface area contributed by atoms with E-state index in [0.29, 0.717) is 28.4 Å². The molecule has 0 aliphatic heterocycles. The van der Waals surface area contributed by atoms with E-state index in [9.17, 15) is 14.4 Å². The van der Waals surface area contributed by atoms with Gasteiger partial charge in [-0.2, -0.15) is 5.26 Å². The van der Waals surface area contributed by atoms with Crippen LogP contribution in [-0.2, 0) is 6.54 Å². The van der Waals surface area contributed by atoms with Crippen molar-refractivity contribution in [3.63, 3.8) is 0 Å². The Morgan fingerprint density at radius 3 is 2.69 bits per heavy atom. The van der Waals surface area contributed by atoms with Crippen molar-refractivity contribution in [1.82, 2.24) is 4.57 Å². The van der Waals surface area contributed by atoms with Gasteiger partial charge in [0, 0.05) is 28.9 Å². The van der Waals surface area contributed by atoms with Crippen LogP contribution in [0.2, 0.25) is 0 Å². The minimum absolute atomic E-state index is 0.321. The molecule has 0 saturated heterocycles. The van der Waals surface area contributed by atoms with Crippen LogP contribution in [0.25, 0.3) is 21.8 Å². The Morgan fingerprint density at radius 1 is 1.12 bits per heavy atom. The fourth-order valence-electron chi connectivity index (χ4n) is 3.35. The zero-order chi connectivity index (χ0) is 18.3. The molecule has 2 N–H and O–H groups in total. The summed E-state index contributed by atoms with van der Waals surface area (Å²) < 4.78 is 15.8. The van der Waals surface area contributed by atoms with Gasteiger partial charge in [0.2, 0.25) is 5.91 Å². The minimum Gasteiger partial charge on any atom is -0.366 e. The maximum atomic E-state index is 13.8. The molecule has 0 atom stereocenters. The molecule has 0 aliphatic carbocycles. The number of aromatic nitrogens is 1. The standard InChI is InChI=1S/C21H13FN3O/c22-15-8-9-18-17(10-15)20-16(21(24)26)6-3-7-19(20)25(18)12-14-5-2-1-4-13(14)11-23/h1-9H,12H2,(H2,24,26). The molecular formula is C21H13FN3O. The first-order valence-electron chi connectivity index (χ1n) is 8.00. The molecular weight excluding hydrogens is 329 g/mol. The van der Waals surface area contributed by atoms with E-state index in [4.69, 9.17) is 5.73 Å². The number of fused-ring (bicyclic) bond motifs is 3. The summed E-state index contributed by atoms with van der Waals surface area (Å²) in [6, 6.07) is 20.4. The first kappa shape index (κ1) is 15.9. The van der Waals surface area contributed by atoms with Crippen molar-refractivity contribution in [1.29, 1.82) is 5.26 Å². The summed E-state index contributed by atoms with van der Waals surface area (Å²) in [6.07, 6.45) is 0. The quantitative estimate of drug-likeness (QED) is 0.616. The molecule has 0 unspecified atom stereocenters. The van der Waals surface area contributed by atoms with Crippen molar-refractivity contribution in [3.05, 3.63) is 83.2 Å². The van der Waals surface area contributed by atoms with Gasteiger partial charge >= 0.3 is 0 Å². The number of hydrogen-bond acceptors (Lipinski definition) is 2. The topological polar surface area (TPSA) is 71.8 Å². The van der Waals surface area contributed by atoms with E-state index in [-0.39, 0.29) is 0 Å². The Balaban J connectivity index is 2.07. The Kier molecular flexibility index (Phi) is 3.67. The number of nitriles is 1. The van der Waals surface area contributed by atoms with Gasteiger partial charge in [-0.3, -0.25) is 4.79 Å². The zero-order valence-electron chi connectivity index (χ0n) is 13.7. The third-order valence-electron chi connectivity index (χ3n) is 4.49. The van der Waals surface area contributed by atoms with Gasteiger partial charge < -0.3 is 10.3 Å². The first-order chi connectivity index (χ1) is 12.6. The number of primary amides is 1. The number of carbonyl (C=O) groups excluding carboxylic acids is 1. The third kappa shape index (κ3) is 2.40. The number of amides is 1. The maximum Gasteiger partial charge on any atom is 0.249 e. The van der Waals surface area contributed by atoms with Crippen LogP contribution in [-0.4, -0.2) is 10.5 Å². The lowest BCUT2D eigenvalue weighted by molar-refractivity contribution is 0.100. The lowest BCUT2D eigenvalue weighted by Gasteiger charge is -2.09. The largest absolute Gasteiger partial charge is 0.366 e. The zero-order valence-corrected chi connectivity index (χ0v) is 13.7. The molecule has 3 aromatic carbocycles. The number of nitrogens with zero attached hydrogens (tertiary/aromatic N) is 2. The summed E-state index contributed by atoms with van der Waals surface area (Å²) in [4.78, 5) is 11.9. The second-order valence-electron chi connectivity index (χ2n) is 5.99. The third-order valence-corrected chi connectivity index (χ3v) is 4.49. The molecule has 1 radical (unpaired) electrons. The SMILES string of the molecule is N#Cc1ccccc1Cn1c2ccc(F)[c]c2c2c(C(N)=O)cccc21. The molecule has 0 fully saturated rings. The number of hydrogen-bond donors (Lipinski definition) is 1. The first-order valence-corrected chi connectivity index (χ1v) is 8.00. The highest BCUT2D eigenvalue weighted by Gasteiger charge is 2.17. The smallest absolute Gasteiger partial charge is 0.249 e. The second-order valence-corrected chi connectivity index (χ2v) is 5.99. The van der Waals surface area contributed by atoms with E-state index in [0.717, 1.165) is 16.6 Å². The van der Waals surface area contributed by atoms with Crippen LogP contribution >= 0.6 is 0 Å². The van der Waals surface area contributed by atoms with Gasteiger partial charge in [0.15, 0.2) is 0 Å².